The van der Waals surface area contributed by atoms with Crippen molar-refractivity contribution in [1.29, 1.82) is 5.26 Å². The molecular formula is C14H18ClNS. The minimum Gasteiger partial charge on any atom is -0.198 e. The largest absolute Gasteiger partial charge is 0.198 e. The summed E-state index contributed by atoms with van der Waals surface area (Å²) < 4.78 is 0.830. The molecule has 0 aromatic carbocycles. The Bertz CT molecular complexity index is 420. The van der Waals surface area contributed by atoms with Crippen molar-refractivity contribution in [2.75, 3.05) is 0 Å². The van der Waals surface area contributed by atoms with Gasteiger partial charge in [0, 0.05) is 11.3 Å². The average Bonchev–Trinajstić information content (AvgIpc) is 2.75. The van der Waals surface area contributed by atoms with Crippen molar-refractivity contribution in [1.82, 2.24) is 0 Å². The topological polar surface area (TPSA) is 23.8 Å². The van der Waals surface area contributed by atoms with Crippen LogP contribution in [0.4, 0.5) is 0 Å². The van der Waals surface area contributed by atoms with Crippen LogP contribution in [0.5, 0.6) is 0 Å². The van der Waals surface area contributed by atoms with Gasteiger partial charge in [-0.25, -0.2) is 0 Å². The molecule has 1 nitrogen and oxygen atoms in total. The SMILES string of the molecule is CCC1CCCC(C#N)(Cc2ccc(Cl)s2)C1. The first kappa shape index (κ1) is 12.9. The fourth-order valence-corrected chi connectivity index (χ4v) is 4.15. The number of thiophene rings is 1. The first-order valence-corrected chi connectivity index (χ1v) is 7.52. The van der Waals surface area contributed by atoms with Gasteiger partial charge in [0.1, 0.15) is 0 Å². The van der Waals surface area contributed by atoms with E-state index < -0.39 is 0 Å². The van der Waals surface area contributed by atoms with E-state index >= 15 is 0 Å². The lowest BCUT2D eigenvalue weighted by atomic mass is 9.68. The summed E-state index contributed by atoms with van der Waals surface area (Å²) in [7, 11) is 0. The van der Waals surface area contributed by atoms with Gasteiger partial charge < -0.3 is 0 Å². The second-order valence-electron chi connectivity index (χ2n) is 5.15. The van der Waals surface area contributed by atoms with Gasteiger partial charge in [-0.15, -0.1) is 11.3 Å². The predicted molar refractivity (Wildman–Crippen MR) is 73.3 cm³/mol. The molecule has 0 aliphatic heterocycles. The van der Waals surface area contributed by atoms with E-state index in [1.165, 1.54) is 24.1 Å². The fraction of sp³-hybridized carbons (Fsp3) is 0.643. The van der Waals surface area contributed by atoms with E-state index in [9.17, 15) is 5.26 Å². The third kappa shape index (κ3) is 3.03. The molecule has 1 heterocycles. The van der Waals surface area contributed by atoms with E-state index in [2.05, 4.69) is 19.1 Å². The van der Waals surface area contributed by atoms with Crippen LogP contribution in [0.15, 0.2) is 12.1 Å². The molecule has 1 aromatic heterocycles. The molecule has 2 atom stereocenters. The number of nitriles is 1. The minimum atomic E-state index is -0.132. The van der Waals surface area contributed by atoms with E-state index in [0.29, 0.717) is 0 Å². The fourth-order valence-electron chi connectivity index (χ4n) is 2.92. The molecule has 0 bridgehead atoms. The maximum absolute atomic E-state index is 9.54. The molecule has 0 saturated heterocycles. The zero-order chi connectivity index (χ0) is 12.3. The molecule has 1 aliphatic carbocycles. The van der Waals surface area contributed by atoms with Crippen LogP contribution in [0.3, 0.4) is 0 Å². The third-order valence-corrected chi connectivity index (χ3v) is 5.13. The average molecular weight is 268 g/mol. The number of hydrogen-bond acceptors (Lipinski definition) is 2. The molecule has 92 valence electrons. The highest BCUT2D eigenvalue weighted by Gasteiger charge is 2.36. The summed E-state index contributed by atoms with van der Waals surface area (Å²) >= 11 is 7.58. The first-order valence-electron chi connectivity index (χ1n) is 6.33. The van der Waals surface area contributed by atoms with Crippen molar-refractivity contribution >= 4 is 22.9 Å². The van der Waals surface area contributed by atoms with Crippen LogP contribution >= 0.6 is 22.9 Å². The summed E-state index contributed by atoms with van der Waals surface area (Å²) in [5.41, 5.74) is -0.132. The summed E-state index contributed by atoms with van der Waals surface area (Å²) in [5, 5.41) is 9.54. The van der Waals surface area contributed by atoms with Gasteiger partial charge in [0.05, 0.1) is 15.8 Å². The molecule has 1 saturated carbocycles. The second kappa shape index (κ2) is 5.42. The molecule has 0 N–H and O–H groups in total. The van der Waals surface area contributed by atoms with Gasteiger partial charge in [-0.2, -0.15) is 5.26 Å². The van der Waals surface area contributed by atoms with E-state index in [1.54, 1.807) is 11.3 Å². The van der Waals surface area contributed by atoms with Crippen LogP contribution in [-0.4, -0.2) is 0 Å². The Hall–Kier alpha value is -0.520. The summed E-state index contributed by atoms with van der Waals surface area (Å²) in [6.45, 7) is 2.24. The molecule has 3 heteroatoms. The smallest absolute Gasteiger partial charge is 0.0931 e. The van der Waals surface area contributed by atoms with Crippen molar-refractivity contribution in [2.45, 2.75) is 45.4 Å². The molecule has 0 radical (unpaired) electrons. The van der Waals surface area contributed by atoms with Crippen molar-refractivity contribution in [3.8, 4) is 6.07 Å². The molecule has 2 rings (SSSR count). The molecule has 0 amide bonds. The zero-order valence-corrected chi connectivity index (χ0v) is 11.8. The van der Waals surface area contributed by atoms with Crippen LogP contribution in [0.1, 0.15) is 43.9 Å². The van der Waals surface area contributed by atoms with Gasteiger partial charge in [0.15, 0.2) is 0 Å². The van der Waals surface area contributed by atoms with Gasteiger partial charge in [-0.1, -0.05) is 37.8 Å². The minimum absolute atomic E-state index is 0.132. The highest BCUT2D eigenvalue weighted by Crippen LogP contribution is 2.43. The summed E-state index contributed by atoms with van der Waals surface area (Å²) in [6, 6.07) is 6.61. The Kier molecular flexibility index (Phi) is 4.12. The summed E-state index contributed by atoms with van der Waals surface area (Å²) in [4.78, 5) is 1.26. The predicted octanol–water partition coefficient (Wildman–Crippen LogP) is 5.05. The van der Waals surface area contributed by atoms with Crippen molar-refractivity contribution in [3.63, 3.8) is 0 Å². The Labute approximate surface area is 112 Å². The monoisotopic (exact) mass is 267 g/mol. The molecule has 17 heavy (non-hydrogen) atoms. The van der Waals surface area contributed by atoms with Gasteiger partial charge in [0.2, 0.25) is 0 Å². The second-order valence-corrected chi connectivity index (χ2v) is 6.94. The lowest BCUT2D eigenvalue weighted by molar-refractivity contribution is 0.195. The Balaban J connectivity index is 2.12. The normalized spacial score (nSPS) is 28.9. The van der Waals surface area contributed by atoms with Crippen molar-refractivity contribution < 1.29 is 0 Å². The highest BCUT2D eigenvalue weighted by molar-refractivity contribution is 7.16. The molecule has 2 unspecified atom stereocenters. The van der Waals surface area contributed by atoms with E-state index in [4.69, 9.17) is 11.6 Å². The van der Waals surface area contributed by atoms with E-state index in [1.807, 2.05) is 6.07 Å². The van der Waals surface area contributed by atoms with Crippen molar-refractivity contribution in [2.24, 2.45) is 11.3 Å². The lowest BCUT2D eigenvalue weighted by Crippen LogP contribution is -2.29. The molecule has 1 fully saturated rings. The maximum Gasteiger partial charge on any atom is 0.0931 e. The third-order valence-electron chi connectivity index (χ3n) is 3.90. The Morgan fingerprint density at radius 2 is 2.41 bits per heavy atom. The Morgan fingerprint density at radius 1 is 1.59 bits per heavy atom. The van der Waals surface area contributed by atoms with Gasteiger partial charge >= 0.3 is 0 Å². The Morgan fingerprint density at radius 3 is 3.00 bits per heavy atom. The number of rotatable bonds is 3. The van der Waals surface area contributed by atoms with Gasteiger partial charge in [-0.3, -0.25) is 0 Å². The molecule has 0 spiro atoms. The first-order chi connectivity index (χ1) is 8.17. The number of hydrogen-bond donors (Lipinski definition) is 0. The summed E-state index contributed by atoms with van der Waals surface area (Å²) in [6.07, 6.45) is 6.70. The molecule has 1 aliphatic rings. The quantitative estimate of drug-likeness (QED) is 0.751. The van der Waals surface area contributed by atoms with Crippen LogP contribution in [0.2, 0.25) is 4.34 Å². The van der Waals surface area contributed by atoms with Crippen LogP contribution in [-0.2, 0) is 6.42 Å². The highest BCUT2D eigenvalue weighted by atomic mass is 35.5. The number of nitrogens with zero attached hydrogens (tertiary/aromatic N) is 1. The van der Waals surface area contributed by atoms with Gasteiger partial charge in [-0.05, 0) is 30.9 Å². The van der Waals surface area contributed by atoms with E-state index in [-0.39, 0.29) is 5.41 Å². The number of halogens is 1. The van der Waals surface area contributed by atoms with Crippen molar-refractivity contribution in [3.05, 3.63) is 21.3 Å². The lowest BCUT2D eigenvalue weighted by Gasteiger charge is -2.35. The van der Waals surface area contributed by atoms with E-state index in [0.717, 1.165) is 29.5 Å². The molecule has 1 aromatic rings. The van der Waals surface area contributed by atoms with Crippen LogP contribution < -0.4 is 0 Å². The van der Waals surface area contributed by atoms with Gasteiger partial charge in [0.25, 0.3) is 0 Å². The molecular weight excluding hydrogens is 250 g/mol. The summed E-state index contributed by atoms with van der Waals surface area (Å²) in [5.74, 6) is 0.735. The maximum atomic E-state index is 9.54. The standard InChI is InChI=1S/C14H18ClNS/c1-2-11-4-3-7-14(8-11,10-16)9-12-5-6-13(15)17-12/h5-6,11H,2-4,7-9H2,1H3. The van der Waals surface area contributed by atoms with Crippen LogP contribution in [0, 0.1) is 22.7 Å². The zero-order valence-electron chi connectivity index (χ0n) is 10.2. The van der Waals surface area contributed by atoms with Crippen LogP contribution in [0.25, 0.3) is 0 Å².